The number of hydrogen-bond acceptors (Lipinski definition) is 7. The van der Waals surface area contributed by atoms with E-state index in [0.29, 0.717) is 35.4 Å². The molecule has 1 aromatic carbocycles. The van der Waals surface area contributed by atoms with Crippen LogP contribution in [0, 0.1) is 0 Å². The molecule has 1 amide bonds. The number of nitrogens with two attached hydrogens (primary N) is 1. The minimum absolute atomic E-state index is 0.173. The molecule has 0 aliphatic carbocycles. The number of halogens is 4. The third kappa shape index (κ3) is 5.00. The summed E-state index contributed by atoms with van der Waals surface area (Å²) in [5.41, 5.74) is 7.82. The van der Waals surface area contributed by atoms with Crippen LogP contribution < -0.4 is 10.5 Å². The van der Waals surface area contributed by atoms with E-state index in [1.807, 2.05) is 0 Å². The molecule has 1 saturated heterocycles. The average molecular weight is 542 g/mol. The van der Waals surface area contributed by atoms with Crippen molar-refractivity contribution in [1.29, 1.82) is 0 Å². The molecule has 0 spiro atoms. The standard InChI is InChI=1S/C22H23F4N7O3S/c1-2-16(34)32-9-3-4-15(11-32)33-20-17(19(27)28-12-29-20)18(31-33)14-7-5-13(6-8-14)10-30-37(35,36)22(25,26)21(23)24/h2,5-8,12,15,21,30H,1,3-4,9-11H2,(H2,27,28,29)/t15-/m1/s1. The zero-order valence-electron chi connectivity index (χ0n) is 19.3. The van der Waals surface area contributed by atoms with Crippen LogP contribution in [0.2, 0.25) is 0 Å². The first-order chi connectivity index (χ1) is 17.5. The minimum Gasteiger partial charge on any atom is -0.383 e. The summed E-state index contributed by atoms with van der Waals surface area (Å²) in [4.78, 5) is 22.2. The lowest BCUT2D eigenvalue weighted by atomic mass is 10.1. The van der Waals surface area contributed by atoms with E-state index >= 15 is 0 Å². The van der Waals surface area contributed by atoms with Crippen LogP contribution in [-0.2, 0) is 21.4 Å². The third-order valence-corrected chi connectivity index (χ3v) is 7.47. The maximum atomic E-state index is 13.3. The fourth-order valence-corrected chi connectivity index (χ4v) is 4.89. The van der Waals surface area contributed by atoms with E-state index in [4.69, 9.17) is 10.8 Å². The molecule has 0 unspecified atom stereocenters. The van der Waals surface area contributed by atoms with Crippen LogP contribution >= 0.6 is 0 Å². The van der Waals surface area contributed by atoms with Crippen LogP contribution in [0.25, 0.3) is 22.3 Å². The lowest BCUT2D eigenvalue weighted by molar-refractivity contribution is -0.127. The molecule has 3 heterocycles. The van der Waals surface area contributed by atoms with Crippen molar-refractivity contribution < 1.29 is 30.8 Å². The Morgan fingerprint density at radius 3 is 2.62 bits per heavy atom. The highest BCUT2D eigenvalue weighted by molar-refractivity contribution is 7.90. The first-order valence-electron chi connectivity index (χ1n) is 11.1. The number of amides is 1. The fourth-order valence-electron chi connectivity index (χ4n) is 4.11. The third-order valence-electron chi connectivity index (χ3n) is 6.05. The summed E-state index contributed by atoms with van der Waals surface area (Å²) < 4.78 is 77.7. The largest absolute Gasteiger partial charge is 0.417 e. The van der Waals surface area contributed by atoms with Gasteiger partial charge in [0.2, 0.25) is 5.91 Å². The number of fused-ring (bicyclic) bond motifs is 1. The topological polar surface area (TPSA) is 136 Å². The van der Waals surface area contributed by atoms with E-state index in [1.54, 1.807) is 21.7 Å². The molecule has 4 rings (SSSR count). The maximum absolute atomic E-state index is 13.3. The number of alkyl halides is 4. The van der Waals surface area contributed by atoms with Gasteiger partial charge < -0.3 is 10.6 Å². The highest BCUT2D eigenvalue weighted by atomic mass is 32.2. The van der Waals surface area contributed by atoms with E-state index in [9.17, 15) is 30.8 Å². The number of anilines is 1. The van der Waals surface area contributed by atoms with Gasteiger partial charge >= 0.3 is 11.7 Å². The number of likely N-dealkylation sites (tertiary alicyclic amines) is 1. The Kier molecular flexibility index (Phi) is 7.19. The molecule has 15 heteroatoms. The van der Waals surface area contributed by atoms with Gasteiger partial charge in [0.25, 0.3) is 10.0 Å². The molecule has 3 aromatic rings. The number of hydrogen-bond donors (Lipinski definition) is 2. The predicted molar refractivity (Wildman–Crippen MR) is 127 cm³/mol. The molecule has 198 valence electrons. The quantitative estimate of drug-likeness (QED) is 0.331. The highest BCUT2D eigenvalue weighted by Gasteiger charge is 2.54. The highest BCUT2D eigenvalue weighted by Crippen LogP contribution is 2.34. The first-order valence-corrected chi connectivity index (χ1v) is 12.6. The van der Waals surface area contributed by atoms with Crippen LogP contribution in [0.5, 0.6) is 0 Å². The Morgan fingerprint density at radius 2 is 1.97 bits per heavy atom. The summed E-state index contributed by atoms with van der Waals surface area (Å²) >= 11 is 0. The summed E-state index contributed by atoms with van der Waals surface area (Å²) in [6.07, 6.45) is -0.319. The monoisotopic (exact) mass is 541 g/mol. The number of rotatable bonds is 8. The van der Waals surface area contributed by atoms with E-state index in [0.717, 1.165) is 12.8 Å². The number of carbonyl (C=O) groups is 1. The van der Waals surface area contributed by atoms with Crippen molar-refractivity contribution in [3.63, 3.8) is 0 Å². The maximum Gasteiger partial charge on any atom is 0.417 e. The van der Waals surface area contributed by atoms with Crippen molar-refractivity contribution in [1.82, 2.24) is 29.4 Å². The van der Waals surface area contributed by atoms with Gasteiger partial charge in [0.1, 0.15) is 17.8 Å². The van der Waals surface area contributed by atoms with Crippen molar-refractivity contribution >= 4 is 32.8 Å². The number of benzene rings is 1. The van der Waals surface area contributed by atoms with Crippen molar-refractivity contribution in [3.05, 3.63) is 48.8 Å². The normalized spacial score (nSPS) is 16.9. The van der Waals surface area contributed by atoms with Gasteiger partial charge in [0.15, 0.2) is 5.65 Å². The molecule has 0 radical (unpaired) electrons. The molecule has 1 fully saturated rings. The lowest BCUT2D eigenvalue weighted by Gasteiger charge is -2.32. The molecule has 10 nitrogen and oxygen atoms in total. The SMILES string of the molecule is C=CC(=O)N1CCC[C@@H](n2nc(-c3ccc(CNS(=O)(=O)C(F)(F)C(F)F)cc3)c3c(N)ncnc32)C1. The molecule has 1 aliphatic rings. The molecule has 0 bridgehead atoms. The molecular formula is C22H23F4N7O3S. The van der Waals surface area contributed by atoms with Gasteiger partial charge in [-0.1, -0.05) is 30.8 Å². The van der Waals surface area contributed by atoms with Gasteiger partial charge in [-0.2, -0.15) is 13.9 Å². The minimum atomic E-state index is -5.59. The van der Waals surface area contributed by atoms with Crippen LogP contribution in [-0.4, -0.2) is 63.7 Å². The Balaban J connectivity index is 1.62. The molecular weight excluding hydrogens is 518 g/mol. The van der Waals surface area contributed by atoms with Crippen LogP contribution in [0.3, 0.4) is 0 Å². The second-order valence-electron chi connectivity index (χ2n) is 8.42. The summed E-state index contributed by atoms with van der Waals surface area (Å²) in [5, 5.41) is -0.0424. The van der Waals surface area contributed by atoms with Crippen molar-refractivity contribution in [2.75, 3.05) is 18.8 Å². The number of nitrogens with one attached hydrogen (secondary N) is 1. The second-order valence-corrected chi connectivity index (χ2v) is 10.3. The Labute approximate surface area is 209 Å². The Bertz CT molecular complexity index is 1430. The van der Waals surface area contributed by atoms with E-state index in [1.165, 1.54) is 29.3 Å². The zero-order chi connectivity index (χ0) is 27.0. The van der Waals surface area contributed by atoms with E-state index < -0.39 is 28.2 Å². The van der Waals surface area contributed by atoms with Gasteiger partial charge in [-0.25, -0.2) is 36.6 Å². The van der Waals surface area contributed by atoms with Crippen molar-refractivity contribution in [2.24, 2.45) is 0 Å². The predicted octanol–water partition coefficient (Wildman–Crippen LogP) is 2.70. The Hall–Kier alpha value is -3.59. The van der Waals surface area contributed by atoms with E-state index in [2.05, 4.69) is 16.5 Å². The average Bonchev–Trinajstić information content (AvgIpc) is 3.28. The number of sulfonamides is 1. The van der Waals surface area contributed by atoms with Gasteiger partial charge in [-0.05, 0) is 24.5 Å². The molecule has 1 atom stereocenters. The van der Waals surface area contributed by atoms with Crippen LogP contribution in [0.1, 0.15) is 24.4 Å². The van der Waals surface area contributed by atoms with Crippen molar-refractivity contribution in [2.45, 2.75) is 37.1 Å². The molecule has 0 saturated carbocycles. The summed E-state index contributed by atoms with van der Waals surface area (Å²) in [7, 11) is -5.59. The zero-order valence-corrected chi connectivity index (χ0v) is 20.1. The lowest BCUT2D eigenvalue weighted by Crippen LogP contribution is -2.44. The van der Waals surface area contributed by atoms with Crippen LogP contribution in [0.4, 0.5) is 23.4 Å². The summed E-state index contributed by atoms with van der Waals surface area (Å²) in [6, 6.07) is 5.81. The number of piperidine rings is 1. The molecule has 2 aromatic heterocycles. The number of nitrogen functional groups attached to an aromatic ring is 1. The fraction of sp³-hybridized carbons (Fsp3) is 0.364. The van der Waals surface area contributed by atoms with Gasteiger partial charge in [0.05, 0.1) is 11.4 Å². The smallest absolute Gasteiger partial charge is 0.383 e. The number of carbonyl (C=O) groups excluding carboxylic acids is 1. The summed E-state index contributed by atoms with van der Waals surface area (Å²) in [6.45, 7) is 3.90. The molecule has 3 N–H and O–H groups in total. The number of nitrogens with zero attached hydrogens (tertiary/aromatic N) is 5. The van der Waals surface area contributed by atoms with Gasteiger partial charge in [0, 0.05) is 25.2 Å². The van der Waals surface area contributed by atoms with Crippen molar-refractivity contribution in [3.8, 4) is 11.3 Å². The molecule has 1 aliphatic heterocycles. The number of aromatic nitrogens is 4. The molecule has 37 heavy (non-hydrogen) atoms. The van der Waals surface area contributed by atoms with Crippen LogP contribution in [0.15, 0.2) is 43.2 Å². The summed E-state index contributed by atoms with van der Waals surface area (Å²) in [5.74, 6) is -0.0137. The Morgan fingerprint density at radius 1 is 1.27 bits per heavy atom. The van der Waals surface area contributed by atoms with E-state index in [-0.39, 0.29) is 23.3 Å². The second kappa shape index (κ2) is 10.0. The van der Waals surface area contributed by atoms with Gasteiger partial charge in [-0.15, -0.1) is 0 Å². The van der Waals surface area contributed by atoms with Gasteiger partial charge in [-0.3, -0.25) is 4.79 Å². The first kappa shape index (κ1) is 26.5.